The molecule has 0 aliphatic carbocycles. The second-order valence-corrected chi connectivity index (χ2v) is 1.57. The van der Waals surface area contributed by atoms with Crippen molar-refractivity contribution in [3.63, 3.8) is 0 Å². The van der Waals surface area contributed by atoms with Crippen LogP contribution >= 0.6 is 0 Å². The van der Waals surface area contributed by atoms with Crippen molar-refractivity contribution in [3.05, 3.63) is 0 Å². The van der Waals surface area contributed by atoms with Crippen LogP contribution in [0.1, 0.15) is 13.8 Å². The summed E-state index contributed by atoms with van der Waals surface area (Å²) in [6.45, 7) is 3.92. The number of nitrogens with zero attached hydrogens (tertiary/aromatic N) is 1. The second kappa shape index (κ2) is 3.43. The van der Waals surface area contributed by atoms with Crippen LogP contribution in [0.3, 0.4) is 0 Å². The minimum Gasteiger partial charge on any atom is -0.374 e. The predicted molar refractivity (Wildman–Crippen MR) is 30.1 cm³/mol. The SMILES string of the molecule is CCN(C=O)C(C)O. The van der Waals surface area contributed by atoms with E-state index in [1.165, 1.54) is 4.90 Å². The molecular formula is C5H11NO2. The summed E-state index contributed by atoms with van der Waals surface area (Å²) in [6.07, 6.45) is -0.0255. The molecule has 0 aliphatic heterocycles. The van der Waals surface area contributed by atoms with Crippen molar-refractivity contribution in [1.82, 2.24) is 4.90 Å². The molecular weight excluding hydrogens is 106 g/mol. The minimum atomic E-state index is -0.655. The number of hydrogen-bond acceptors (Lipinski definition) is 2. The molecule has 3 nitrogen and oxygen atoms in total. The molecule has 0 heterocycles. The van der Waals surface area contributed by atoms with Crippen molar-refractivity contribution in [1.29, 1.82) is 0 Å². The average molecular weight is 117 g/mol. The van der Waals surface area contributed by atoms with Crippen molar-refractivity contribution in [2.45, 2.75) is 20.1 Å². The van der Waals surface area contributed by atoms with Gasteiger partial charge in [0.2, 0.25) is 6.41 Å². The van der Waals surface area contributed by atoms with Gasteiger partial charge < -0.3 is 10.0 Å². The topological polar surface area (TPSA) is 40.5 Å². The lowest BCUT2D eigenvalue weighted by Crippen LogP contribution is -2.30. The van der Waals surface area contributed by atoms with E-state index in [2.05, 4.69) is 0 Å². The molecule has 48 valence electrons. The molecule has 0 aromatic heterocycles. The Hall–Kier alpha value is -0.570. The number of aliphatic hydroxyl groups excluding tert-OH is 1. The Morgan fingerprint density at radius 3 is 2.38 bits per heavy atom. The zero-order chi connectivity index (χ0) is 6.57. The van der Waals surface area contributed by atoms with Crippen LogP contribution in [0.15, 0.2) is 0 Å². The van der Waals surface area contributed by atoms with E-state index in [4.69, 9.17) is 5.11 Å². The number of hydrogen-bond donors (Lipinski definition) is 1. The summed E-state index contributed by atoms with van der Waals surface area (Å²) in [6, 6.07) is 0. The fourth-order valence-electron chi connectivity index (χ4n) is 0.427. The third kappa shape index (κ3) is 1.93. The molecule has 0 aromatic carbocycles. The molecule has 1 unspecified atom stereocenters. The minimum absolute atomic E-state index is 0.557. The molecule has 3 heteroatoms. The molecule has 0 aliphatic rings. The molecule has 0 saturated heterocycles. The lowest BCUT2D eigenvalue weighted by molar-refractivity contribution is -0.125. The largest absolute Gasteiger partial charge is 0.374 e. The maximum absolute atomic E-state index is 9.94. The standard InChI is InChI=1S/C5H11NO2/c1-3-6(4-7)5(2)8/h4-5,8H,3H2,1-2H3. The second-order valence-electron chi connectivity index (χ2n) is 1.57. The van der Waals surface area contributed by atoms with Gasteiger partial charge in [-0.3, -0.25) is 4.79 Å². The number of aliphatic hydroxyl groups is 1. The molecule has 0 fully saturated rings. The van der Waals surface area contributed by atoms with Gasteiger partial charge in [-0.15, -0.1) is 0 Å². The van der Waals surface area contributed by atoms with Crippen molar-refractivity contribution in [2.75, 3.05) is 6.54 Å². The Morgan fingerprint density at radius 1 is 1.88 bits per heavy atom. The lowest BCUT2D eigenvalue weighted by Gasteiger charge is -2.16. The summed E-state index contributed by atoms with van der Waals surface area (Å²) < 4.78 is 0. The van der Waals surface area contributed by atoms with E-state index < -0.39 is 6.23 Å². The maximum atomic E-state index is 9.94. The molecule has 0 saturated carbocycles. The van der Waals surface area contributed by atoms with Crippen LogP contribution in [-0.2, 0) is 4.79 Å². The van der Waals surface area contributed by atoms with Crippen LogP contribution in [0.5, 0.6) is 0 Å². The smallest absolute Gasteiger partial charge is 0.211 e. The Balaban J connectivity index is 3.51. The van der Waals surface area contributed by atoms with Crippen molar-refractivity contribution < 1.29 is 9.90 Å². The zero-order valence-corrected chi connectivity index (χ0v) is 5.16. The molecule has 0 bridgehead atoms. The normalized spacial score (nSPS) is 12.9. The van der Waals surface area contributed by atoms with Gasteiger partial charge in [-0.25, -0.2) is 0 Å². The van der Waals surface area contributed by atoms with Gasteiger partial charge in [0.15, 0.2) is 0 Å². The van der Waals surface area contributed by atoms with Gasteiger partial charge in [0.25, 0.3) is 0 Å². The van der Waals surface area contributed by atoms with E-state index in [1.54, 1.807) is 13.8 Å². The average Bonchev–Trinajstić information content (AvgIpc) is 1.69. The van der Waals surface area contributed by atoms with Crippen LogP contribution in [0.25, 0.3) is 0 Å². The van der Waals surface area contributed by atoms with E-state index in [0.29, 0.717) is 13.0 Å². The summed E-state index contributed by atoms with van der Waals surface area (Å²) in [5.74, 6) is 0. The maximum Gasteiger partial charge on any atom is 0.211 e. The monoisotopic (exact) mass is 117 g/mol. The quantitative estimate of drug-likeness (QED) is 0.411. The molecule has 0 aromatic rings. The molecule has 8 heavy (non-hydrogen) atoms. The first-order chi connectivity index (χ1) is 3.72. The van der Waals surface area contributed by atoms with Gasteiger partial charge in [-0.1, -0.05) is 0 Å². The Morgan fingerprint density at radius 2 is 2.38 bits per heavy atom. The van der Waals surface area contributed by atoms with Crippen LogP contribution in [0, 0.1) is 0 Å². The summed E-state index contributed by atoms with van der Waals surface area (Å²) in [7, 11) is 0. The third-order valence-electron chi connectivity index (χ3n) is 0.981. The van der Waals surface area contributed by atoms with Crippen LogP contribution < -0.4 is 0 Å². The Labute approximate surface area is 48.9 Å². The highest BCUT2D eigenvalue weighted by atomic mass is 16.3. The Bertz CT molecular complexity index is 72.8. The first-order valence-electron chi connectivity index (χ1n) is 2.61. The van der Waals surface area contributed by atoms with E-state index >= 15 is 0 Å². The summed E-state index contributed by atoms with van der Waals surface area (Å²) in [5, 5.41) is 8.71. The highest BCUT2D eigenvalue weighted by Gasteiger charge is 2.01. The molecule has 0 spiro atoms. The van der Waals surface area contributed by atoms with Crippen molar-refractivity contribution >= 4 is 6.41 Å². The van der Waals surface area contributed by atoms with Crippen molar-refractivity contribution in [2.24, 2.45) is 0 Å². The first kappa shape index (κ1) is 7.43. The summed E-state index contributed by atoms with van der Waals surface area (Å²) in [5.41, 5.74) is 0. The van der Waals surface area contributed by atoms with Gasteiger partial charge in [0, 0.05) is 6.54 Å². The van der Waals surface area contributed by atoms with E-state index in [-0.39, 0.29) is 0 Å². The fraction of sp³-hybridized carbons (Fsp3) is 0.800. The van der Waals surface area contributed by atoms with Gasteiger partial charge >= 0.3 is 0 Å². The van der Waals surface area contributed by atoms with E-state index in [9.17, 15) is 4.79 Å². The molecule has 0 rings (SSSR count). The number of rotatable bonds is 3. The van der Waals surface area contributed by atoms with Crippen LogP contribution in [-0.4, -0.2) is 29.2 Å². The summed E-state index contributed by atoms with van der Waals surface area (Å²) in [4.78, 5) is 11.2. The number of carbonyl (C=O) groups excluding carboxylic acids is 1. The zero-order valence-electron chi connectivity index (χ0n) is 5.16. The highest BCUT2D eigenvalue weighted by molar-refractivity contribution is 5.46. The van der Waals surface area contributed by atoms with Gasteiger partial charge in [-0.05, 0) is 13.8 Å². The predicted octanol–water partition coefficient (Wildman–Crippen LogP) is -0.197. The van der Waals surface area contributed by atoms with E-state index in [1.807, 2.05) is 0 Å². The van der Waals surface area contributed by atoms with Crippen molar-refractivity contribution in [3.8, 4) is 0 Å². The van der Waals surface area contributed by atoms with Crippen LogP contribution in [0.2, 0.25) is 0 Å². The highest BCUT2D eigenvalue weighted by Crippen LogP contribution is 1.87. The number of amides is 1. The first-order valence-corrected chi connectivity index (χ1v) is 2.61. The van der Waals surface area contributed by atoms with E-state index in [0.717, 1.165) is 0 Å². The Kier molecular flexibility index (Phi) is 3.19. The molecule has 1 amide bonds. The fourth-order valence-corrected chi connectivity index (χ4v) is 0.427. The number of carbonyl (C=O) groups is 1. The van der Waals surface area contributed by atoms with Gasteiger partial charge in [-0.2, -0.15) is 0 Å². The molecule has 1 N–H and O–H groups in total. The summed E-state index contributed by atoms with van der Waals surface area (Å²) >= 11 is 0. The molecule has 0 radical (unpaired) electrons. The van der Waals surface area contributed by atoms with Crippen LogP contribution in [0.4, 0.5) is 0 Å². The van der Waals surface area contributed by atoms with Gasteiger partial charge in [0.1, 0.15) is 6.23 Å². The third-order valence-corrected chi connectivity index (χ3v) is 0.981. The van der Waals surface area contributed by atoms with Gasteiger partial charge in [0.05, 0.1) is 0 Å². The molecule has 1 atom stereocenters. The lowest BCUT2D eigenvalue weighted by atomic mass is 10.5.